The highest BCUT2D eigenvalue weighted by Crippen LogP contribution is 2.24. The smallest absolute Gasteiger partial charge is 0.132 e. The van der Waals surface area contributed by atoms with E-state index in [0.717, 1.165) is 16.3 Å². The molecule has 0 bridgehead atoms. The van der Waals surface area contributed by atoms with E-state index < -0.39 is 6.10 Å². The van der Waals surface area contributed by atoms with E-state index in [1.165, 1.54) is 23.5 Å². The maximum absolute atomic E-state index is 13.0. The maximum Gasteiger partial charge on any atom is 0.132 e. The van der Waals surface area contributed by atoms with Gasteiger partial charge in [-0.1, -0.05) is 0 Å². The third-order valence-electron chi connectivity index (χ3n) is 3.72. The first kappa shape index (κ1) is 16.8. The molecule has 2 aromatic heterocycles. The minimum absolute atomic E-state index is 0.112. The Morgan fingerprint density at radius 3 is 2.79 bits per heavy atom. The second-order valence-electron chi connectivity index (χ2n) is 5.70. The first-order valence-corrected chi connectivity index (χ1v) is 8.65. The fraction of sp³-hybridized carbons (Fsp3) is 0.278. The molecule has 0 aliphatic heterocycles. The largest absolute Gasteiger partial charge is 0.467 e. The van der Waals surface area contributed by atoms with Gasteiger partial charge < -0.3 is 14.8 Å². The Kier molecular flexibility index (Phi) is 5.40. The van der Waals surface area contributed by atoms with Gasteiger partial charge in [0, 0.05) is 23.5 Å². The van der Waals surface area contributed by atoms with E-state index in [1.54, 1.807) is 30.5 Å². The monoisotopic (exact) mass is 346 g/mol. The van der Waals surface area contributed by atoms with Crippen molar-refractivity contribution in [2.75, 3.05) is 0 Å². The lowest BCUT2D eigenvalue weighted by atomic mass is 10.1. The Labute approximate surface area is 144 Å². The molecular formula is C18H19FN2O2S. The van der Waals surface area contributed by atoms with Gasteiger partial charge in [0.2, 0.25) is 0 Å². The van der Waals surface area contributed by atoms with Crippen LogP contribution < -0.4 is 5.32 Å². The Bertz CT molecular complexity index is 756. The van der Waals surface area contributed by atoms with Crippen LogP contribution in [0.2, 0.25) is 0 Å². The molecule has 2 atom stereocenters. The topological polar surface area (TPSA) is 58.3 Å². The minimum atomic E-state index is -0.618. The highest BCUT2D eigenvalue weighted by Gasteiger charge is 2.15. The number of aliphatic hydroxyl groups excluding tert-OH is 1. The zero-order valence-corrected chi connectivity index (χ0v) is 14.1. The number of furan rings is 1. The van der Waals surface area contributed by atoms with Crippen LogP contribution in [0.5, 0.6) is 0 Å². The summed E-state index contributed by atoms with van der Waals surface area (Å²) in [5.41, 5.74) is 1.84. The first-order chi connectivity index (χ1) is 11.6. The summed E-state index contributed by atoms with van der Waals surface area (Å²) < 4.78 is 18.2. The fourth-order valence-corrected chi connectivity index (χ4v) is 3.23. The van der Waals surface area contributed by atoms with Crippen LogP contribution >= 0.6 is 11.3 Å². The summed E-state index contributed by atoms with van der Waals surface area (Å²) in [7, 11) is 0. The summed E-state index contributed by atoms with van der Waals surface area (Å²) in [6.45, 7) is 2.63. The molecule has 0 aliphatic rings. The molecule has 3 aromatic rings. The number of halogens is 1. The predicted octanol–water partition coefficient (Wildman–Crippen LogP) is 4.14. The van der Waals surface area contributed by atoms with Crippen LogP contribution in [0.1, 0.15) is 30.9 Å². The van der Waals surface area contributed by atoms with E-state index in [0.29, 0.717) is 18.7 Å². The van der Waals surface area contributed by atoms with Crippen molar-refractivity contribution in [3.63, 3.8) is 0 Å². The molecule has 126 valence electrons. The van der Waals surface area contributed by atoms with Crippen molar-refractivity contribution in [2.45, 2.75) is 32.0 Å². The van der Waals surface area contributed by atoms with Gasteiger partial charge >= 0.3 is 0 Å². The molecule has 0 saturated heterocycles. The van der Waals surface area contributed by atoms with Crippen LogP contribution in [-0.4, -0.2) is 16.1 Å². The third kappa shape index (κ3) is 4.29. The SMILES string of the molecule is CC(CC(O)c1ccco1)NCc1csc(-c2ccc(F)cc2)n1. The second-order valence-corrected chi connectivity index (χ2v) is 6.56. The molecule has 24 heavy (non-hydrogen) atoms. The van der Waals surface area contributed by atoms with Crippen molar-refractivity contribution < 1.29 is 13.9 Å². The predicted molar refractivity (Wildman–Crippen MR) is 92.1 cm³/mol. The zero-order chi connectivity index (χ0) is 16.9. The lowest BCUT2D eigenvalue weighted by Gasteiger charge is -2.16. The Balaban J connectivity index is 1.52. The van der Waals surface area contributed by atoms with Crippen molar-refractivity contribution in [1.82, 2.24) is 10.3 Å². The number of nitrogens with zero attached hydrogens (tertiary/aromatic N) is 1. The number of hydrogen-bond donors (Lipinski definition) is 2. The summed E-state index contributed by atoms with van der Waals surface area (Å²) in [6.07, 6.45) is 1.50. The standard InChI is InChI=1S/C18H19FN2O2S/c1-12(9-16(22)17-3-2-8-23-17)20-10-15-11-24-18(21-15)13-4-6-14(19)7-5-13/h2-8,11-12,16,20,22H,9-10H2,1H3. The Hall–Kier alpha value is -2.02. The van der Waals surface area contributed by atoms with Gasteiger partial charge in [0.25, 0.3) is 0 Å². The number of rotatable bonds is 7. The molecule has 0 fully saturated rings. The normalized spacial score (nSPS) is 13.8. The van der Waals surface area contributed by atoms with Gasteiger partial charge in [0.05, 0.1) is 12.0 Å². The molecule has 2 N–H and O–H groups in total. The van der Waals surface area contributed by atoms with Crippen LogP contribution in [-0.2, 0) is 6.54 Å². The van der Waals surface area contributed by atoms with Gasteiger partial charge in [-0.05, 0) is 49.7 Å². The molecule has 1 aromatic carbocycles. The van der Waals surface area contributed by atoms with Crippen LogP contribution in [0.15, 0.2) is 52.5 Å². The molecule has 6 heteroatoms. The number of nitrogens with one attached hydrogen (secondary N) is 1. The molecule has 0 amide bonds. The summed E-state index contributed by atoms with van der Waals surface area (Å²) in [4.78, 5) is 4.56. The summed E-state index contributed by atoms with van der Waals surface area (Å²) in [5.74, 6) is 0.331. The van der Waals surface area contributed by atoms with E-state index in [1.807, 2.05) is 12.3 Å². The first-order valence-electron chi connectivity index (χ1n) is 7.77. The molecule has 0 saturated carbocycles. The number of hydrogen-bond acceptors (Lipinski definition) is 5. The van der Waals surface area contributed by atoms with Crippen molar-refractivity contribution in [2.24, 2.45) is 0 Å². The van der Waals surface area contributed by atoms with E-state index in [-0.39, 0.29) is 11.9 Å². The van der Waals surface area contributed by atoms with Crippen molar-refractivity contribution in [1.29, 1.82) is 0 Å². The molecule has 3 rings (SSSR count). The van der Waals surface area contributed by atoms with Crippen LogP contribution in [0.3, 0.4) is 0 Å². The number of aliphatic hydroxyl groups is 1. The molecule has 4 nitrogen and oxygen atoms in total. The van der Waals surface area contributed by atoms with Crippen molar-refractivity contribution >= 4 is 11.3 Å². The van der Waals surface area contributed by atoms with Crippen molar-refractivity contribution in [3.8, 4) is 10.6 Å². The quantitative estimate of drug-likeness (QED) is 0.675. The highest BCUT2D eigenvalue weighted by molar-refractivity contribution is 7.13. The number of thiazole rings is 1. The van der Waals surface area contributed by atoms with E-state index in [2.05, 4.69) is 10.3 Å². The van der Waals surface area contributed by atoms with Crippen LogP contribution in [0, 0.1) is 5.82 Å². The maximum atomic E-state index is 13.0. The van der Waals surface area contributed by atoms with Gasteiger partial charge in [0.15, 0.2) is 0 Å². The van der Waals surface area contributed by atoms with Gasteiger partial charge in [-0.3, -0.25) is 0 Å². The molecular weight excluding hydrogens is 327 g/mol. The second kappa shape index (κ2) is 7.70. The third-order valence-corrected chi connectivity index (χ3v) is 4.66. The van der Waals surface area contributed by atoms with Crippen molar-refractivity contribution in [3.05, 3.63) is 65.3 Å². The molecule has 0 radical (unpaired) electrons. The summed E-state index contributed by atoms with van der Waals surface area (Å²) in [5, 5.41) is 16.3. The Morgan fingerprint density at radius 1 is 1.29 bits per heavy atom. The summed E-state index contributed by atoms with van der Waals surface area (Å²) in [6, 6.07) is 9.98. The van der Waals surface area contributed by atoms with E-state index in [9.17, 15) is 9.50 Å². The molecule has 0 spiro atoms. The molecule has 2 unspecified atom stereocenters. The molecule has 2 heterocycles. The average molecular weight is 346 g/mol. The van der Waals surface area contributed by atoms with Gasteiger partial charge in [-0.2, -0.15) is 0 Å². The lowest BCUT2D eigenvalue weighted by molar-refractivity contribution is 0.128. The van der Waals surface area contributed by atoms with Crippen LogP contribution in [0.4, 0.5) is 4.39 Å². The Morgan fingerprint density at radius 2 is 2.08 bits per heavy atom. The average Bonchev–Trinajstić information content (AvgIpc) is 3.25. The van der Waals surface area contributed by atoms with E-state index in [4.69, 9.17) is 4.42 Å². The highest BCUT2D eigenvalue weighted by atomic mass is 32.1. The van der Waals surface area contributed by atoms with Gasteiger partial charge in [-0.25, -0.2) is 9.37 Å². The minimum Gasteiger partial charge on any atom is -0.467 e. The lowest BCUT2D eigenvalue weighted by Crippen LogP contribution is -2.27. The number of aromatic nitrogens is 1. The van der Waals surface area contributed by atoms with Crippen LogP contribution in [0.25, 0.3) is 10.6 Å². The fourth-order valence-electron chi connectivity index (χ4n) is 2.41. The van der Waals surface area contributed by atoms with Gasteiger partial charge in [0.1, 0.15) is 22.7 Å². The number of benzene rings is 1. The molecule has 0 aliphatic carbocycles. The van der Waals surface area contributed by atoms with Gasteiger partial charge in [-0.15, -0.1) is 11.3 Å². The zero-order valence-electron chi connectivity index (χ0n) is 13.3. The summed E-state index contributed by atoms with van der Waals surface area (Å²) >= 11 is 1.53. The van der Waals surface area contributed by atoms with E-state index >= 15 is 0 Å².